The average molecular weight is 235 g/mol. The molecule has 0 aliphatic rings. The van der Waals surface area contributed by atoms with E-state index in [-0.39, 0.29) is 11.6 Å². The van der Waals surface area contributed by atoms with Crippen LogP contribution in [0.1, 0.15) is 50.4 Å². The number of nitrogens with two attached hydrogens (primary N) is 1. The Morgan fingerprint density at radius 1 is 1.29 bits per heavy atom. The van der Waals surface area contributed by atoms with Crippen molar-refractivity contribution >= 4 is 11.7 Å². The summed E-state index contributed by atoms with van der Waals surface area (Å²) in [5.74, 6) is -0.275. The predicted octanol–water partition coefficient (Wildman–Crippen LogP) is 3.39. The number of benzene rings is 1. The fraction of sp³-hybridized carbons (Fsp3) is 0.500. The summed E-state index contributed by atoms with van der Waals surface area (Å²) in [5, 5.41) is 0. The van der Waals surface area contributed by atoms with Gasteiger partial charge in [0.05, 0.1) is 5.56 Å². The molecule has 0 fully saturated rings. The number of hydrogen-bond acceptors (Lipinski definition) is 3. The molecular weight excluding hydrogens is 214 g/mol. The number of anilines is 1. The van der Waals surface area contributed by atoms with Gasteiger partial charge in [-0.05, 0) is 44.0 Å². The number of ether oxygens (including phenoxy) is 1. The van der Waals surface area contributed by atoms with Crippen LogP contribution >= 0.6 is 0 Å². The van der Waals surface area contributed by atoms with Crippen LogP contribution in [-0.4, -0.2) is 11.6 Å². The van der Waals surface area contributed by atoms with E-state index >= 15 is 0 Å². The van der Waals surface area contributed by atoms with Crippen LogP contribution in [0.25, 0.3) is 0 Å². The second-order valence-corrected chi connectivity index (χ2v) is 4.56. The minimum atomic E-state index is -0.368. The highest BCUT2D eigenvalue weighted by atomic mass is 16.6. The van der Waals surface area contributed by atoms with Gasteiger partial charge >= 0.3 is 5.97 Å². The summed E-state index contributed by atoms with van der Waals surface area (Å²) in [6.07, 6.45) is 2.70. The maximum Gasteiger partial charge on any atom is 0.338 e. The standard InChI is InChI=1S/C14H21NO2/c1-4-10-14(3,5-2)17-13(16)11-6-8-12(15)9-7-11/h6-9H,4-5,10,15H2,1-3H3/t14-/m0/s1. The topological polar surface area (TPSA) is 52.3 Å². The Balaban J connectivity index is 2.74. The van der Waals surface area contributed by atoms with Gasteiger partial charge in [0.15, 0.2) is 0 Å². The SMILES string of the molecule is CCC[C@](C)(CC)OC(=O)c1ccc(N)cc1. The summed E-state index contributed by atoms with van der Waals surface area (Å²) in [6, 6.07) is 6.80. The molecule has 17 heavy (non-hydrogen) atoms. The molecule has 0 heterocycles. The molecule has 0 radical (unpaired) electrons. The van der Waals surface area contributed by atoms with E-state index in [1.165, 1.54) is 0 Å². The largest absolute Gasteiger partial charge is 0.456 e. The van der Waals surface area contributed by atoms with Crippen LogP contribution in [0.5, 0.6) is 0 Å². The third-order valence-electron chi connectivity index (χ3n) is 3.01. The Morgan fingerprint density at radius 3 is 2.35 bits per heavy atom. The van der Waals surface area contributed by atoms with Crippen LogP contribution in [0.2, 0.25) is 0 Å². The molecule has 1 aromatic rings. The van der Waals surface area contributed by atoms with Gasteiger partial charge in [0.1, 0.15) is 5.60 Å². The fourth-order valence-corrected chi connectivity index (χ4v) is 1.73. The molecule has 0 bridgehead atoms. The van der Waals surface area contributed by atoms with Crippen molar-refractivity contribution in [1.29, 1.82) is 0 Å². The molecule has 0 aliphatic heterocycles. The molecule has 94 valence electrons. The van der Waals surface area contributed by atoms with Crippen molar-refractivity contribution in [2.24, 2.45) is 0 Å². The first-order valence-corrected chi connectivity index (χ1v) is 6.09. The van der Waals surface area contributed by atoms with Crippen molar-refractivity contribution in [3.63, 3.8) is 0 Å². The molecule has 2 N–H and O–H groups in total. The average Bonchev–Trinajstić information content (AvgIpc) is 2.30. The summed E-state index contributed by atoms with van der Waals surface area (Å²) >= 11 is 0. The first-order chi connectivity index (χ1) is 8.00. The van der Waals surface area contributed by atoms with Gasteiger partial charge in [-0.25, -0.2) is 4.79 Å². The molecule has 1 atom stereocenters. The molecule has 1 aromatic carbocycles. The second-order valence-electron chi connectivity index (χ2n) is 4.56. The molecule has 1 rings (SSSR count). The Labute approximate surface area is 103 Å². The molecule has 0 unspecified atom stereocenters. The van der Waals surface area contributed by atoms with Crippen molar-refractivity contribution in [2.75, 3.05) is 5.73 Å². The minimum Gasteiger partial charge on any atom is -0.456 e. The van der Waals surface area contributed by atoms with Crippen LogP contribution in [0, 0.1) is 0 Å². The third-order valence-corrected chi connectivity index (χ3v) is 3.01. The monoisotopic (exact) mass is 235 g/mol. The number of carbonyl (C=O) groups excluding carboxylic acids is 1. The lowest BCUT2D eigenvalue weighted by atomic mass is 9.97. The van der Waals surface area contributed by atoms with E-state index in [9.17, 15) is 4.79 Å². The lowest BCUT2D eigenvalue weighted by Gasteiger charge is -2.28. The lowest BCUT2D eigenvalue weighted by Crippen LogP contribution is -2.30. The number of rotatable bonds is 5. The van der Waals surface area contributed by atoms with Crippen molar-refractivity contribution in [2.45, 2.75) is 45.6 Å². The first kappa shape index (κ1) is 13.6. The van der Waals surface area contributed by atoms with Gasteiger partial charge in [-0.2, -0.15) is 0 Å². The summed E-state index contributed by atoms with van der Waals surface area (Å²) in [7, 11) is 0. The Hall–Kier alpha value is -1.51. The highest BCUT2D eigenvalue weighted by Crippen LogP contribution is 2.23. The Kier molecular flexibility index (Phi) is 4.55. The highest BCUT2D eigenvalue weighted by molar-refractivity contribution is 5.90. The molecule has 0 spiro atoms. The van der Waals surface area contributed by atoms with Gasteiger partial charge in [-0.3, -0.25) is 0 Å². The zero-order valence-corrected chi connectivity index (χ0v) is 10.8. The van der Waals surface area contributed by atoms with E-state index in [4.69, 9.17) is 10.5 Å². The molecule has 0 aromatic heterocycles. The molecule has 0 saturated heterocycles. The fourth-order valence-electron chi connectivity index (χ4n) is 1.73. The predicted molar refractivity (Wildman–Crippen MR) is 69.9 cm³/mol. The van der Waals surface area contributed by atoms with Crippen molar-refractivity contribution in [3.05, 3.63) is 29.8 Å². The van der Waals surface area contributed by atoms with E-state index < -0.39 is 0 Å². The van der Waals surface area contributed by atoms with Crippen LogP contribution in [-0.2, 0) is 4.74 Å². The highest BCUT2D eigenvalue weighted by Gasteiger charge is 2.26. The molecule has 0 amide bonds. The van der Waals surface area contributed by atoms with Crippen LogP contribution in [0.3, 0.4) is 0 Å². The maximum atomic E-state index is 11.9. The Morgan fingerprint density at radius 2 is 1.88 bits per heavy atom. The van der Waals surface area contributed by atoms with Gasteiger partial charge < -0.3 is 10.5 Å². The lowest BCUT2D eigenvalue weighted by molar-refractivity contribution is -0.0156. The summed E-state index contributed by atoms with van der Waals surface area (Å²) < 4.78 is 5.57. The molecule has 3 nitrogen and oxygen atoms in total. The van der Waals surface area contributed by atoms with Gasteiger partial charge in [-0.1, -0.05) is 20.3 Å². The number of nitrogen functional groups attached to an aromatic ring is 1. The number of carbonyl (C=O) groups is 1. The van der Waals surface area contributed by atoms with E-state index in [1.807, 2.05) is 13.8 Å². The van der Waals surface area contributed by atoms with Gasteiger partial charge in [0.2, 0.25) is 0 Å². The van der Waals surface area contributed by atoms with E-state index in [1.54, 1.807) is 24.3 Å². The zero-order chi connectivity index (χ0) is 12.9. The Bertz CT molecular complexity index is 372. The van der Waals surface area contributed by atoms with E-state index in [0.29, 0.717) is 11.3 Å². The molecule has 0 aliphatic carbocycles. The van der Waals surface area contributed by atoms with E-state index in [0.717, 1.165) is 19.3 Å². The van der Waals surface area contributed by atoms with Crippen molar-refractivity contribution < 1.29 is 9.53 Å². The summed E-state index contributed by atoms with van der Waals surface area (Å²) in [4.78, 5) is 11.9. The van der Waals surface area contributed by atoms with E-state index in [2.05, 4.69) is 6.92 Å². The van der Waals surface area contributed by atoms with Crippen LogP contribution < -0.4 is 5.73 Å². The first-order valence-electron chi connectivity index (χ1n) is 6.09. The molecular formula is C14H21NO2. The minimum absolute atomic E-state index is 0.275. The van der Waals surface area contributed by atoms with Gasteiger partial charge in [-0.15, -0.1) is 0 Å². The normalized spacial score (nSPS) is 14.1. The number of hydrogen-bond donors (Lipinski definition) is 1. The van der Waals surface area contributed by atoms with Gasteiger partial charge in [0, 0.05) is 5.69 Å². The van der Waals surface area contributed by atoms with Crippen LogP contribution in [0.15, 0.2) is 24.3 Å². The van der Waals surface area contributed by atoms with Crippen LogP contribution in [0.4, 0.5) is 5.69 Å². The second kappa shape index (κ2) is 5.71. The molecule has 0 saturated carbocycles. The number of esters is 1. The third kappa shape index (κ3) is 3.77. The summed E-state index contributed by atoms with van der Waals surface area (Å²) in [5.41, 5.74) is 6.41. The maximum absolute atomic E-state index is 11.9. The zero-order valence-electron chi connectivity index (χ0n) is 10.8. The van der Waals surface area contributed by atoms with Crippen molar-refractivity contribution in [1.82, 2.24) is 0 Å². The molecule has 3 heteroatoms. The quantitative estimate of drug-likeness (QED) is 0.628. The van der Waals surface area contributed by atoms with Crippen molar-refractivity contribution in [3.8, 4) is 0 Å². The smallest absolute Gasteiger partial charge is 0.338 e. The summed E-state index contributed by atoms with van der Waals surface area (Å²) in [6.45, 7) is 6.10. The van der Waals surface area contributed by atoms with Gasteiger partial charge in [0.25, 0.3) is 0 Å².